The lowest BCUT2D eigenvalue weighted by Crippen LogP contribution is -2.33. The molecule has 0 spiro atoms. The minimum atomic E-state index is -0.980. The van der Waals surface area contributed by atoms with Crippen LogP contribution in [0.15, 0.2) is 42.5 Å². The Morgan fingerprint density at radius 3 is 2.43 bits per heavy atom. The summed E-state index contributed by atoms with van der Waals surface area (Å²) >= 11 is 0. The predicted molar refractivity (Wildman–Crippen MR) is 119 cm³/mol. The highest BCUT2D eigenvalue weighted by atomic mass is 16.5. The lowest BCUT2D eigenvalue weighted by Gasteiger charge is -2.28. The van der Waals surface area contributed by atoms with Crippen LogP contribution < -0.4 is 10.1 Å². The molecule has 6 nitrogen and oxygen atoms in total. The Bertz CT molecular complexity index is 899. The molecule has 0 heterocycles. The number of rotatable bonds is 10. The standard InChI is InChI=1S/C24H31N3O3/c1-6-17-11-19(13-21(12-17)30-16-24(2,3)15-27(4)5)22(23(28)29)26-20-9-7-18(14-25)8-10-20/h7-13,22,26H,6,15-16H2,1-5H3,(H,28,29). The zero-order valence-corrected chi connectivity index (χ0v) is 18.4. The van der Waals surface area contributed by atoms with Crippen molar-refractivity contribution in [3.05, 3.63) is 59.2 Å². The van der Waals surface area contributed by atoms with Crippen molar-refractivity contribution < 1.29 is 14.6 Å². The van der Waals surface area contributed by atoms with Gasteiger partial charge in [-0.3, -0.25) is 0 Å². The first-order valence-corrected chi connectivity index (χ1v) is 10.0. The van der Waals surface area contributed by atoms with E-state index in [0.29, 0.717) is 29.2 Å². The van der Waals surface area contributed by atoms with Gasteiger partial charge in [0.1, 0.15) is 5.75 Å². The van der Waals surface area contributed by atoms with E-state index in [0.717, 1.165) is 18.5 Å². The molecular formula is C24H31N3O3. The van der Waals surface area contributed by atoms with Crippen molar-refractivity contribution in [3.63, 3.8) is 0 Å². The van der Waals surface area contributed by atoms with Crippen LogP contribution in [0.1, 0.15) is 43.5 Å². The summed E-state index contributed by atoms with van der Waals surface area (Å²) in [6.07, 6.45) is 0.772. The molecule has 0 bridgehead atoms. The number of nitriles is 1. The lowest BCUT2D eigenvalue weighted by molar-refractivity contribution is -0.138. The van der Waals surface area contributed by atoms with Gasteiger partial charge in [-0.1, -0.05) is 26.8 Å². The monoisotopic (exact) mass is 409 g/mol. The Morgan fingerprint density at radius 2 is 1.90 bits per heavy atom. The minimum absolute atomic E-state index is 0.0428. The topological polar surface area (TPSA) is 85.6 Å². The largest absolute Gasteiger partial charge is 0.493 e. The number of ether oxygens (including phenoxy) is 1. The fourth-order valence-electron chi connectivity index (χ4n) is 3.42. The Balaban J connectivity index is 2.27. The molecule has 30 heavy (non-hydrogen) atoms. The van der Waals surface area contributed by atoms with E-state index in [4.69, 9.17) is 10.00 Å². The molecule has 1 atom stereocenters. The number of anilines is 1. The minimum Gasteiger partial charge on any atom is -0.493 e. The van der Waals surface area contributed by atoms with Crippen molar-refractivity contribution in [1.29, 1.82) is 5.26 Å². The molecule has 0 aliphatic heterocycles. The third-order valence-electron chi connectivity index (χ3n) is 4.68. The first-order chi connectivity index (χ1) is 14.1. The van der Waals surface area contributed by atoms with Crippen molar-refractivity contribution in [2.45, 2.75) is 33.2 Å². The van der Waals surface area contributed by atoms with Gasteiger partial charge in [-0.05, 0) is 68.0 Å². The maximum absolute atomic E-state index is 12.0. The van der Waals surface area contributed by atoms with Crippen molar-refractivity contribution in [2.24, 2.45) is 5.41 Å². The van der Waals surface area contributed by atoms with Gasteiger partial charge in [0.25, 0.3) is 0 Å². The van der Waals surface area contributed by atoms with E-state index in [1.165, 1.54) is 0 Å². The van der Waals surface area contributed by atoms with Crippen molar-refractivity contribution in [2.75, 3.05) is 32.6 Å². The van der Waals surface area contributed by atoms with E-state index in [9.17, 15) is 9.90 Å². The van der Waals surface area contributed by atoms with E-state index in [2.05, 4.69) is 30.1 Å². The van der Waals surface area contributed by atoms with Crippen LogP contribution in [-0.4, -0.2) is 43.2 Å². The molecule has 160 valence electrons. The summed E-state index contributed by atoms with van der Waals surface area (Å²) in [6.45, 7) is 7.72. The molecule has 0 aromatic heterocycles. The number of carboxylic acids is 1. The van der Waals surface area contributed by atoms with Gasteiger partial charge in [0.15, 0.2) is 6.04 Å². The number of carbonyl (C=O) groups is 1. The van der Waals surface area contributed by atoms with E-state index < -0.39 is 12.0 Å². The fraction of sp³-hybridized carbons (Fsp3) is 0.417. The number of nitrogens with zero attached hydrogens (tertiary/aromatic N) is 2. The molecule has 0 saturated heterocycles. The second kappa shape index (κ2) is 10.1. The fourth-order valence-corrected chi connectivity index (χ4v) is 3.42. The number of hydrogen-bond donors (Lipinski definition) is 2. The van der Waals surface area contributed by atoms with Gasteiger partial charge in [-0.25, -0.2) is 4.79 Å². The molecule has 2 aromatic rings. The number of aryl methyl sites for hydroxylation is 1. The first-order valence-electron chi connectivity index (χ1n) is 10.0. The van der Waals surface area contributed by atoms with Gasteiger partial charge >= 0.3 is 5.97 Å². The molecule has 0 aliphatic carbocycles. The molecule has 0 fully saturated rings. The molecule has 0 aliphatic rings. The van der Waals surface area contributed by atoms with E-state index in [-0.39, 0.29) is 5.41 Å². The van der Waals surface area contributed by atoms with Gasteiger partial charge in [0.05, 0.1) is 18.2 Å². The molecule has 1 unspecified atom stereocenters. The third-order valence-corrected chi connectivity index (χ3v) is 4.68. The molecule has 2 aromatic carbocycles. The third kappa shape index (κ3) is 6.78. The maximum atomic E-state index is 12.0. The summed E-state index contributed by atoms with van der Waals surface area (Å²) in [4.78, 5) is 14.1. The summed E-state index contributed by atoms with van der Waals surface area (Å²) < 4.78 is 6.08. The quantitative estimate of drug-likeness (QED) is 0.608. The van der Waals surface area contributed by atoms with Crippen molar-refractivity contribution in [1.82, 2.24) is 4.90 Å². The summed E-state index contributed by atoms with van der Waals surface area (Å²) in [6, 6.07) is 13.5. The van der Waals surface area contributed by atoms with E-state index >= 15 is 0 Å². The predicted octanol–water partition coefficient (Wildman–Crippen LogP) is 4.33. The molecule has 0 saturated carbocycles. The SMILES string of the molecule is CCc1cc(OCC(C)(C)CN(C)C)cc(C(Nc2ccc(C#N)cc2)C(=O)O)c1. The highest BCUT2D eigenvalue weighted by molar-refractivity contribution is 5.79. The highest BCUT2D eigenvalue weighted by Gasteiger charge is 2.23. The Labute approximate surface area is 179 Å². The van der Waals surface area contributed by atoms with Gasteiger partial charge in [0, 0.05) is 17.6 Å². The van der Waals surface area contributed by atoms with Crippen LogP contribution in [0.3, 0.4) is 0 Å². The molecule has 0 radical (unpaired) electrons. The number of carboxylic acid groups (broad SMARTS) is 1. The number of aliphatic carboxylic acids is 1. The second-order valence-corrected chi connectivity index (χ2v) is 8.56. The normalized spacial score (nSPS) is 12.3. The number of hydrogen-bond acceptors (Lipinski definition) is 5. The summed E-state index contributed by atoms with van der Waals surface area (Å²) in [5.41, 5.74) is 2.76. The zero-order chi connectivity index (χ0) is 22.3. The first kappa shape index (κ1) is 23.2. The summed E-state index contributed by atoms with van der Waals surface area (Å²) in [7, 11) is 4.06. The van der Waals surface area contributed by atoms with Gasteiger partial charge in [0.2, 0.25) is 0 Å². The highest BCUT2D eigenvalue weighted by Crippen LogP contribution is 2.28. The van der Waals surface area contributed by atoms with E-state index in [1.807, 2.05) is 33.2 Å². The van der Waals surface area contributed by atoms with Crippen LogP contribution in [0.25, 0.3) is 0 Å². The van der Waals surface area contributed by atoms with Crippen molar-refractivity contribution >= 4 is 11.7 Å². The van der Waals surface area contributed by atoms with Gasteiger partial charge in [-0.2, -0.15) is 5.26 Å². The van der Waals surface area contributed by atoms with Crippen LogP contribution in [0.5, 0.6) is 5.75 Å². The molecule has 0 amide bonds. The molecule has 2 N–H and O–H groups in total. The summed E-state index contributed by atoms with van der Waals surface area (Å²) in [5.74, 6) is -0.310. The Morgan fingerprint density at radius 1 is 1.23 bits per heavy atom. The smallest absolute Gasteiger partial charge is 0.330 e. The number of nitrogens with one attached hydrogen (secondary N) is 1. The van der Waals surface area contributed by atoms with Crippen molar-refractivity contribution in [3.8, 4) is 11.8 Å². The molecule has 2 rings (SSSR count). The Kier molecular flexibility index (Phi) is 7.85. The average molecular weight is 410 g/mol. The van der Waals surface area contributed by atoms with Crippen LogP contribution in [0, 0.1) is 16.7 Å². The number of benzene rings is 2. The van der Waals surface area contributed by atoms with Gasteiger partial charge in [-0.15, -0.1) is 0 Å². The maximum Gasteiger partial charge on any atom is 0.330 e. The second-order valence-electron chi connectivity index (χ2n) is 8.56. The van der Waals surface area contributed by atoms with Crippen LogP contribution in [0.2, 0.25) is 0 Å². The van der Waals surface area contributed by atoms with Gasteiger partial charge < -0.3 is 20.1 Å². The average Bonchev–Trinajstić information content (AvgIpc) is 2.69. The Hall–Kier alpha value is -3.04. The molecule has 6 heteroatoms. The summed E-state index contributed by atoms with van der Waals surface area (Å²) in [5, 5.41) is 21.8. The van der Waals surface area contributed by atoms with Crippen LogP contribution >= 0.6 is 0 Å². The van der Waals surface area contributed by atoms with Crippen LogP contribution in [0.4, 0.5) is 5.69 Å². The van der Waals surface area contributed by atoms with Crippen LogP contribution in [-0.2, 0) is 11.2 Å². The molecular weight excluding hydrogens is 378 g/mol. The lowest BCUT2D eigenvalue weighted by atomic mass is 9.94. The zero-order valence-electron chi connectivity index (χ0n) is 18.4. The van der Waals surface area contributed by atoms with E-state index in [1.54, 1.807) is 30.3 Å².